The molecule has 63 heavy (non-hydrogen) atoms. The number of carbonyl (C=O) groups excluding carboxylic acids is 4. The summed E-state index contributed by atoms with van der Waals surface area (Å²) in [4.78, 5) is 67.9. The number of hydrazine groups is 1. The number of rotatable bonds is 30. The fraction of sp³-hybridized carbons (Fsp3) is 0.725. The number of aliphatic carboxylic acids is 1. The van der Waals surface area contributed by atoms with Crippen LogP contribution in [0.1, 0.15) is 95.4 Å². The number of fused-ring (bicyclic) bond motifs is 1. The van der Waals surface area contributed by atoms with Gasteiger partial charge in [-0.15, -0.1) is 4.83 Å². The van der Waals surface area contributed by atoms with Gasteiger partial charge in [-0.2, -0.15) is 0 Å². The van der Waals surface area contributed by atoms with Crippen LogP contribution in [0.3, 0.4) is 0 Å². The first kappa shape index (κ1) is 54.4. The van der Waals surface area contributed by atoms with Crippen LogP contribution in [0.4, 0.5) is 4.79 Å². The average Bonchev–Trinajstić information content (AvgIpc) is 3.53. The number of ether oxygens (including phenoxy) is 5. The van der Waals surface area contributed by atoms with Crippen LogP contribution >= 0.6 is 0 Å². The highest BCUT2D eigenvalue weighted by atomic mass is 32.2. The lowest BCUT2D eigenvalue weighted by molar-refractivity contribution is -0.142. The van der Waals surface area contributed by atoms with Crippen LogP contribution in [0.5, 0.6) is 5.75 Å². The molecule has 1 aliphatic rings. The van der Waals surface area contributed by atoms with E-state index in [1.807, 2.05) is 20.8 Å². The SMILES string of the molecule is Cc1c(C)c(S(=O)(=O)NNCCCC(NC(=O)CCOCCOCCOCCN=[N+]=[N-])C(=O)NCC(=O)NC(CCCCNC(=O)OC(C)(C)C)C(=O)O)c(C)c2c1OC(C)(C)C2. The Bertz CT molecular complexity index is 1870. The molecule has 1 aromatic rings. The number of hydrogen-bond acceptors (Lipinski definition) is 14. The van der Waals surface area contributed by atoms with E-state index in [4.69, 9.17) is 29.2 Å². The predicted octanol–water partition coefficient (Wildman–Crippen LogP) is 2.50. The van der Waals surface area contributed by atoms with Crippen molar-refractivity contribution in [3.63, 3.8) is 0 Å². The Morgan fingerprint density at radius 2 is 1.46 bits per heavy atom. The van der Waals surface area contributed by atoms with Crippen molar-refractivity contribution in [2.75, 3.05) is 65.8 Å². The first-order chi connectivity index (χ1) is 29.6. The van der Waals surface area contributed by atoms with Gasteiger partial charge in [-0.3, -0.25) is 14.4 Å². The van der Waals surface area contributed by atoms with E-state index in [1.54, 1.807) is 34.6 Å². The normalized spacial score (nSPS) is 14.0. The highest BCUT2D eigenvalue weighted by Crippen LogP contribution is 2.43. The molecule has 4 amide bonds. The van der Waals surface area contributed by atoms with Crippen LogP contribution in [0.2, 0.25) is 0 Å². The number of azide groups is 1. The molecule has 0 saturated heterocycles. The standard InChI is InChI=1S/C40H67N9O13S/c1-26-27(2)35(28(3)29-24-40(7,8)61-34(26)29)63(56,57)49-45-16-11-13-30(46-32(50)14-18-58-20-22-60-23-21-59-19-17-44-48-41)36(52)43-25-33(51)47-31(37(53)54)12-9-10-15-42-38(55)62-39(4,5)6/h30-31,45,49H,9-25H2,1-8H3,(H,42,55)(H,43,52)(H,46,50)(H,47,51)(H,53,54). The van der Waals surface area contributed by atoms with Crippen molar-refractivity contribution in [3.8, 4) is 5.75 Å². The molecule has 2 atom stereocenters. The maximum Gasteiger partial charge on any atom is 0.407 e. The van der Waals surface area contributed by atoms with Crippen molar-refractivity contribution in [3.05, 3.63) is 32.7 Å². The van der Waals surface area contributed by atoms with Crippen molar-refractivity contribution in [1.29, 1.82) is 0 Å². The minimum atomic E-state index is -4.04. The van der Waals surface area contributed by atoms with E-state index in [9.17, 15) is 37.5 Å². The number of nitrogens with zero attached hydrogens (tertiary/aromatic N) is 3. The minimum absolute atomic E-state index is 0.0101. The van der Waals surface area contributed by atoms with E-state index in [0.29, 0.717) is 42.7 Å². The summed E-state index contributed by atoms with van der Waals surface area (Å²) in [5.74, 6) is -2.60. The molecule has 22 nitrogen and oxygen atoms in total. The first-order valence-electron chi connectivity index (χ1n) is 20.9. The van der Waals surface area contributed by atoms with Gasteiger partial charge in [0.2, 0.25) is 17.7 Å². The number of carboxylic acid groups (broad SMARTS) is 1. The Balaban J connectivity index is 1.95. The minimum Gasteiger partial charge on any atom is -0.487 e. The molecule has 0 radical (unpaired) electrons. The van der Waals surface area contributed by atoms with Gasteiger partial charge in [0, 0.05) is 43.0 Å². The summed E-state index contributed by atoms with van der Waals surface area (Å²) >= 11 is 0. The van der Waals surface area contributed by atoms with Gasteiger partial charge in [0.05, 0.1) is 51.1 Å². The summed E-state index contributed by atoms with van der Waals surface area (Å²) < 4.78 is 54.5. The Labute approximate surface area is 369 Å². The third-order valence-electron chi connectivity index (χ3n) is 9.47. The molecular formula is C40H67N9O13S. The van der Waals surface area contributed by atoms with Crippen LogP contribution in [0, 0.1) is 20.8 Å². The zero-order valence-electron chi connectivity index (χ0n) is 37.8. The van der Waals surface area contributed by atoms with Crippen molar-refractivity contribution >= 4 is 39.8 Å². The van der Waals surface area contributed by atoms with E-state index in [-0.39, 0.29) is 83.2 Å². The summed E-state index contributed by atoms with van der Waals surface area (Å²) in [6, 6.07) is -2.41. The molecular weight excluding hydrogens is 847 g/mol. The second-order valence-corrected chi connectivity index (χ2v) is 18.1. The summed E-state index contributed by atoms with van der Waals surface area (Å²) in [7, 11) is -4.04. The topological polar surface area (TPSA) is 307 Å². The largest absolute Gasteiger partial charge is 0.487 e. The summed E-state index contributed by atoms with van der Waals surface area (Å²) in [6.07, 6.45) is 0.903. The molecule has 0 fully saturated rings. The van der Waals surface area contributed by atoms with Crippen molar-refractivity contribution in [1.82, 2.24) is 31.5 Å². The Hall–Kier alpha value is -4.77. The van der Waals surface area contributed by atoms with Crippen LogP contribution in [0.25, 0.3) is 10.4 Å². The predicted molar refractivity (Wildman–Crippen MR) is 230 cm³/mol. The third kappa shape index (κ3) is 20.5. The van der Waals surface area contributed by atoms with E-state index in [0.717, 1.165) is 11.1 Å². The second-order valence-electron chi connectivity index (χ2n) is 16.5. The van der Waals surface area contributed by atoms with Gasteiger partial charge in [-0.05, 0) is 110 Å². The summed E-state index contributed by atoms with van der Waals surface area (Å²) in [6.45, 7) is 15.6. The molecule has 7 N–H and O–H groups in total. The monoisotopic (exact) mass is 913 g/mol. The zero-order chi connectivity index (χ0) is 47.2. The maximum absolute atomic E-state index is 13.5. The van der Waals surface area contributed by atoms with Crippen LogP contribution in [-0.2, 0) is 54.6 Å². The van der Waals surface area contributed by atoms with Crippen molar-refractivity contribution in [2.24, 2.45) is 5.11 Å². The molecule has 0 bridgehead atoms. The molecule has 23 heteroatoms. The molecule has 1 heterocycles. The van der Waals surface area contributed by atoms with E-state index >= 15 is 0 Å². The number of unbranched alkanes of at least 4 members (excludes halogenated alkanes) is 1. The van der Waals surface area contributed by atoms with Crippen molar-refractivity contribution in [2.45, 2.75) is 129 Å². The number of benzene rings is 1. The van der Waals surface area contributed by atoms with Crippen LogP contribution in [-0.4, -0.2) is 132 Å². The quantitative estimate of drug-likeness (QED) is 0.0192. The van der Waals surface area contributed by atoms with E-state index in [2.05, 4.69) is 41.6 Å². The molecule has 0 spiro atoms. The molecule has 1 aromatic carbocycles. The van der Waals surface area contributed by atoms with Gasteiger partial charge in [-0.25, -0.2) is 23.4 Å². The Morgan fingerprint density at radius 1 is 0.841 bits per heavy atom. The molecule has 0 aromatic heterocycles. The van der Waals surface area contributed by atoms with Gasteiger partial charge in [0.15, 0.2) is 0 Å². The highest BCUT2D eigenvalue weighted by Gasteiger charge is 2.36. The van der Waals surface area contributed by atoms with E-state index < -0.39 is 69.6 Å². The fourth-order valence-electron chi connectivity index (χ4n) is 6.40. The van der Waals surface area contributed by atoms with Gasteiger partial charge in [0.1, 0.15) is 29.0 Å². The molecule has 0 saturated carbocycles. The molecule has 0 aliphatic carbocycles. The van der Waals surface area contributed by atoms with Gasteiger partial charge in [-0.1, -0.05) is 5.11 Å². The number of hydrogen-bond donors (Lipinski definition) is 7. The maximum atomic E-state index is 13.5. The lowest BCUT2D eigenvalue weighted by Gasteiger charge is -2.20. The molecule has 356 valence electrons. The molecule has 2 rings (SSSR count). The highest BCUT2D eigenvalue weighted by molar-refractivity contribution is 7.89. The van der Waals surface area contributed by atoms with Crippen LogP contribution < -0.4 is 36.3 Å². The van der Waals surface area contributed by atoms with Gasteiger partial charge < -0.3 is 50.1 Å². The number of nitrogens with one attached hydrogen (secondary N) is 6. The lowest BCUT2D eigenvalue weighted by atomic mass is 9.94. The first-order valence-corrected chi connectivity index (χ1v) is 22.4. The summed E-state index contributed by atoms with van der Waals surface area (Å²) in [5, 5.41) is 23.1. The van der Waals surface area contributed by atoms with Gasteiger partial charge >= 0.3 is 12.1 Å². The number of alkyl carbamates (subject to hydrolysis) is 1. The van der Waals surface area contributed by atoms with Gasteiger partial charge in [0.25, 0.3) is 10.0 Å². The number of carboxylic acids is 1. The molecule has 2 unspecified atom stereocenters. The number of sulfonamides is 1. The Kier molecular flexibility index (Phi) is 23.1. The van der Waals surface area contributed by atoms with Crippen LogP contribution in [0.15, 0.2) is 10.0 Å². The zero-order valence-corrected chi connectivity index (χ0v) is 38.6. The van der Waals surface area contributed by atoms with Crippen molar-refractivity contribution < 1.29 is 61.2 Å². The lowest BCUT2D eigenvalue weighted by Crippen LogP contribution is -2.51. The Morgan fingerprint density at radius 3 is 2.10 bits per heavy atom. The second kappa shape index (κ2) is 26.8. The number of amides is 4. The molecule has 1 aliphatic heterocycles. The average molecular weight is 914 g/mol. The smallest absolute Gasteiger partial charge is 0.407 e. The number of carbonyl (C=O) groups is 5. The third-order valence-corrected chi connectivity index (χ3v) is 11.0. The fourth-order valence-corrected chi connectivity index (χ4v) is 7.88. The van der Waals surface area contributed by atoms with E-state index in [1.165, 1.54) is 0 Å². The summed E-state index contributed by atoms with van der Waals surface area (Å²) in [5.41, 5.74) is 12.6.